The number of carbonyl (C=O) groups excluding carboxylic acids is 1. The zero-order chi connectivity index (χ0) is 14.8. The molecule has 0 bridgehead atoms. The van der Waals surface area contributed by atoms with Crippen LogP contribution in [0.15, 0.2) is 12.3 Å². The first-order chi connectivity index (χ1) is 9.36. The zero-order valence-corrected chi connectivity index (χ0v) is 9.57. The van der Waals surface area contributed by atoms with Crippen molar-refractivity contribution in [3.05, 3.63) is 23.8 Å². The Morgan fingerprint density at radius 3 is 2.85 bits per heavy atom. The molecule has 0 spiro atoms. The van der Waals surface area contributed by atoms with Crippen LogP contribution in [-0.2, 0) is 17.5 Å². The first kappa shape index (κ1) is 13.9. The van der Waals surface area contributed by atoms with Crippen LogP contribution in [-0.4, -0.2) is 47.8 Å². The maximum atomic E-state index is 12.2. The van der Waals surface area contributed by atoms with E-state index in [9.17, 15) is 23.1 Å². The van der Waals surface area contributed by atoms with Gasteiger partial charge in [0.2, 0.25) is 6.29 Å². The molecule has 0 saturated carbocycles. The third-order valence-electron chi connectivity index (χ3n) is 1.99. The van der Waals surface area contributed by atoms with Gasteiger partial charge in [0.05, 0.1) is 0 Å². The minimum absolute atomic E-state index is 0.0217. The van der Waals surface area contributed by atoms with Crippen molar-refractivity contribution in [2.45, 2.75) is 19.0 Å². The number of nitrogens with one attached hydrogen (secondary N) is 1. The third-order valence-corrected chi connectivity index (χ3v) is 1.99. The van der Waals surface area contributed by atoms with Gasteiger partial charge < -0.3 is 9.84 Å². The third kappa shape index (κ3) is 3.28. The summed E-state index contributed by atoms with van der Waals surface area (Å²) in [6.45, 7) is -0.594. The molecule has 108 valence electrons. The average Bonchev–Trinajstić information content (AvgIpc) is 2.97. The molecule has 2 aromatic heterocycles. The number of hydrogen-bond acceptors (Lipinski definition) is 7. The van der Waals surface area contributed by atoms with E-state index in [0.717, 1.165) is 0 Å². The van der Waals surface area contributed by atoms with Crippen molar-refractivity contribution >= 4 is 5.97 Å². The Labute approximate surface area is 108 Å². The van der Waals surface area contributed by atoms with E-state index in [1.807, 2.05) is 0 Å². The van der Waals surface area contributed by atoms with Gasteiger partial charge in [-0.1, -0.05) is 0 Å². The average molecular weight is 292 g/mol. The Kier molecular flexibility index (Phi) is 3.65. The second-order valence-electron chi connectivity index (χ2n) is 3.50. The molecular formula is C8H7F3N6O3. The first-order valence-corrected chi connectivity index (χ1v) is 5.09. The predicted molar refractivity (Wildman–Crippen MR) is 52.8 cm³/mol. The lowest BCUT2D eigenvalue weighted by atomic mass is 10.4. The Morgan fingerprint density at radius 1 is 1.55 bits per heavy atom. The van der Waals surface area contributed by atoms with E-state index in [4.69, 9.17) is 0 Å². The number of esters is 1. The lowest BCUT2D eigenvalue weighted by molar-refractivity contribution is -0.145. The molecule has 20 heavy (non-hydrogen) atoms. The van der Waals surface area contributed by atoms with E-state index >= 15 is 0 Å². The van der Waals surface area contributed by atoms with E-state index in [2.05, 4.69) is 30.3 Å². The Bertz CT molecular complexity index is 581. The maximum Gasteiger partial charge on any atom is 0.455 e. The molecule has 0 saturated heterocycles. The van der Waals surface area contributed by atoms with Gasteiger partial charge in [0.25, 0.3) is 5.82 Å². The molecule has 2 aromatic rings. The molecule has 0 aliphatic rings. The molecule has 12 heteroatoms. The van der Waals surface area contributed by atoms with Gasteiger partial charge in [-0.05, 0) is 11.3 Å². The van der Waals surface area contributed by atoms with E-state index in [1.165, 1.54) is 12.3 Å². The van der Waals surface area contributed by atoms with Crippen molar-refractivity contribution in [3.8, 4) is 0 Å². The Balaban J connectivity index is 1.93. The normalized spacial score (nSPS) is 13.2. The highest BCUT2D eigenvalue weighted by molar-refractivity contribution is 5.87. The van der Waals surface area contributed by atoms with Crippen LogP contribution in [0, 0.1) is 0 Å². The number of nitrogens with zero attached hydrogens (tertiary/aromatic N) is 5. The number of H-pyrrole nitrogens is 1. The van der Waals surface area contributed by atoms with Crippen LogP contribution in [0.1, 0.15) is 16.3 Å². The highest BCUT2D eigenvalue weighted by atomic mass is 19.4. The van der Waals surface area contributed by atoms with Crippen LogP contribution in [0.3, 0.4) is 0 Å². The molecule has 0 fully saturated rings. The van der Waals surface area contributed by atoms with Gasteiger partial charge in [-0.3, -0.25) is 5.10 Å². The fraction of sp³-hybridized carbons (Fsp3) is 0.375. The van der Waals surface area contributed by atoms with Crippen molar-refractivity contribution in [1.82, 2.24) is 30.4 Å². The summed E-state index contributed by atoms with van der Waals surface area (Å²) >= 11 is 0. The van der Waals surface area contributed by atoms with E-state index < -0.39 is 30.8 Å². The number of rotatable bonds is 4. The summed E-state index contributed by atoms with van der Waals surface area (Å²) in [5, 5.41) is 24.0. The zero-order valence-electron chi connectivity index (χ0n) is 9.57. The lowest BCUT2D eigenvalue weighted by Gasteiger charge is -2.09. The van der Waals surface area contributed by atoms with E-state index in [1.54, 1.807) is 0 Å². The number of aromatic nitrogens is 6. The highest BCUT2D eigenvalue weighted by Gasteiger charge is 2.37. The second-order valence-corrected chi connectivity index (χ2v) is 3.50. The van der Waals surface area contributed by atoms with Crippen molar-refractivity contribution < 1.29 is 27.8 Å². The molecular weight excluding hydrogens is 285 g/mol. The standard InChI is InChI=1S/C8H7F3N6O3/c9-8(10,11)7-14-16-17(15-7)3-5(18)20-6(19)4-1-2-12-13-4/h1-2,5,18H,3H2,(H,12,13). The van der Waals surface area contributed by atoms with E-state index in [-0.39, 0.29) is 5.69 Å². The monoisotopic (exact) mass is 292 g/mol. The molecule has 0 aliphatic carbocycles. The number of ether oxygens (including phenoxy) is 1. The number of tetrazole rings is 1. The Hall–Kier alpha value is -2.50. The summed E-state index contributed by atoms with van der Waals surface area (Å²) in [7, 11) is 0. The number of halogens is 3. The summed E-state index contributed by atoms with van der Waals surface area (Å²) in [6, 6.07) is 1.30. The molecule has 0 radical (unpaired) electrons. The van der Waals surface area contributed by atoms with Gasteiger partial charge >= 0.3 is 12.1 Å². The summed E-state index contributed by atoms with van der Waals surface area (Å²) in [5.41, 5.74) is -0.0217. The summed E-state index contributed by atoms with van der Waals surface area (Å²) < 4.78 is 41.1. The predicted octanol–water partition coefficient (Wildman–Crippen LogP) is -0.410. The van der Waals surface area contributed by atoms with Crippen LogP contribution in [0.25, 0.3) is 0 Å². The van der Waals surface area contributed by atoms with Crippen LogP contribution >= 0.6 is 0 Å². The van der Waals surface area contributed by atoms with Crippen molar-refractivity contribution in [2.75, 3.05) is 0 Å². The molecule has 0 amide bonds. The largest absolute Gasteiger partial charge is 0.455 e. The number of hydrogen-bond donors (Lipinski definition) is 2. The van der Waals surface area contributed by atoms with Gasteiger partial charge in [0.1, 0.15) is 12.2 Å². The fourth-order valence-electron chi connectivity index (χ4n) is 1.17. The van der Waals surface area contributed by atoms with Crippen LogP contribution in [0.5, 0.6) is 0 Å². The van der Waals surface area contributed by atoms with Crippen molar-refractivity contribution in [3.63, 3.8) is 0 Å². The quantitative estimate of drug-likeness (QED) is 0.580. The molecule has 1 atom stereocenters. The molecule has 2 heterocycles. The maximum absolute atomic E-state index is 12.2. The smallest absolute Gasteiger partial charge is 0.429 e. The number of aliphatic hydroxyl groups excluding tert-OH is 1. The minimum atomic E-state index is -4.74. The topological polar surface area (TPSA) is 119 Å². The van der Waals surface area contributed by atoms with Gasteiger partial charge in [-0.2, -0.15) is 23.1 Å². The number of aliphatic hydroxyl groups is 1. The van der Waals surface area contributed by atoms with Crippen LogP contribution in [0.4, 0.5) is 13.2 Å². The van der Waals surface area contributed by atoms with Gasteiger partial charge in [0, 0.05) is 6.20 Å². The number of aromatic amines is 1. The molecule has 0 aromatic carbocycles. The summed E-state index contributed by atoms with van der Waals surface area (Å²) in [6.07, 6.45) is -5.19. The fourth-order valence-corrected chi connectivity index (χ4v) is 1.17. The SMILES string of the molecule is O=C(OC(O)Cn1nnc(C(F)(F)F)n1)c1ccn[nH]1. The number of carbonyl (C=O) groups is 1. The molecule has 2 rings (SSSR count). The number of alkyl halides is 3. The highest BCUT2D eigenvalue weighted by Crippen LogP contribution is 2.24. The summed E-state index contributed by atoms with van der Waals surface area (Å²) in [4.78, 5) is 11.8. The lowest BCUT2D eigenvalue weighted by Crippen LogP contribution is -2.25. The van der Waals surface area contributed by atoms with Gasteiger partial charge in [-0.15, -0.1) is 10.2 Å². The minimum Gasteiger partial charge on any atom is -0.429 e. The van der Waals surface area contributed by atoms with Crippen LogP contribution < -0.4 is 0 Å². The molecule has 0 aliphatic heterocycles. The van der Waals surface area contributed by atoms with Crippen LogP contribution in [0.2, 0.25) is 0 Å². The van der Waals surface area contributed by atoms with Crippen molar-refractivity contribution in [2.24, 2.45) is 0 Å². The molecule has 1 unspecified atom stereocenters. The molecule has 9 nitrogen and oxygen atoms in total. The first-order valence-electron chi connectivity index (χ1n) is 5.09. The van der Waals surface area contributed by atoms with Gasteiger partial charge in [0.15, 0.2) is 0 Å². The van der Waals surface area contributed by atoms with Gasteiger partial charge in [-0.25, -0.2) is 4.79 Å². The Morgan fingerprint density at radius 2 is 2.30 bits per heavy atom. The van der Waals surface area contributed by atoms with E-state index in [0.29, 0.717) is 4.80 Å². The summed E-state index contributed by atoms with van der Waals surface area (Å²) in [5.74, 6) is -2.38. The van der Waals surface area contributed by atoms with Crippen molar-refractivity contribution in [1.29, 1.82) is 0 Å². The molecule has 2 N–H and O–H groups in total. The second kappa shape index (κ2) is 5.24.